The van der Waals surface area contributed by atoms with Crippen LogP contribution in [-0.2, 0) is 4.79 Å². The average molecular weight is 395 g/mol. The Kier molecular flexibility index (Phi) is 8.38. The Morgan fingerprint density at radius 2 is 1.81 bits per heavy atom. The van der Waals surface area contributed by atoms with Gasteiger partial charge in [0, 0.05) is 31.7 Å². The third kappa shape index (κ3) is 6.11. The fourth-order valence-electron chi connectivity index (χ4n) is 3.88. The van der Waals surface area contributed by atoms with Gasteiger partial charge in [-0.15, -0.1) is 12.4 Å². The Morgan fingerprint density at radius 1 is 1.11 bits per heavy atom. The van der Waals surface area contributed by atoms with Gasteiger partial charge in [-0.25, -0.2) is 4.79 Å². The molecule has 2 atom stereocenters. The Morgan fingerprint density at radius 3 is 2.52 bits per heavy atom. The van der Waals surface area contributed by atoms with Gasteiger partial charge in [0.05, 0.1) is 5.92 Å². The van der Waals surface area contributed by atoms with Crippen molar-refractivity contribution in [3.05, 3.63) is 35.9 Å². The van der Waals surface area contributed by atoms with Crippen LogP contribution in [0.3, 0.4) is 0 Å². The number of nitrogens with two attached hydrogens (primary N) is 1. The minimum atomic E-state index is -0.217. The van der Waals surface area contributed by atoms with Crippen LogP contribution in [0.25, 0.3) is 0 Å². The van der Waals surface area contributed by atoms with Crippen molar-refractivity contribution < 1.29 is 9.59 Å². The first-order chi connectivity index (χ1) is 12.6. The van der Waals surface area contributed by atoms with E-state index in [4.69, 9.17) is 5.73 Å². The minimum absolute atomic E-state index is 0. The van der Waals surface area contributed by atoms with E-state index >= 15 is 0 Å². The van der Waals surface area contributed by atoms with Crippen LogP contribution in [0, 0.1) is 5.92 Å². The number of carbonyl (C=O) groups excluding carboxylic acids is 2. The first-order valence-electron chi connectivity index (χ1n) is 9.77. The normalized spacial score (nSPS) is 21.2. The van der Waals surface area contributed by atoms with Crippen LogP contribution in [0.1, 0.15) is 50.1 Å². The van der Waals surface area contributed by atoms with Crippen LogP contribution in [0.5, 0.6) is 0 Å². The van der Waals surface area contributed by atoms with Crippen molar-refractivity contribution in [3.8, 4) is 0 Å². The van der Waals surface area contributed by atoms with Gasteiger partial charge in [-0.05, 0) is 31.2 Å². The maximum atomic E-state index is 12.5. The lowest BCUT2D eigenvalue weighted by atomic mass is 9.97. The van der Waals surface area contributed by atoms with E-state index < -0.39 is 0 Å². The highest BCUT2D eigenvalue weighted by atomic mass is 35.5. The lowest BCUT2D eigenvalue weighted by Crippen LogP contribution is -2.51. The summed E-state index contributed by atoms with van der Waals surface area (Å²) < 4.78 is 0. The number of benzene rings is 1. The van der Waals surface area contributed by atoms with Gasteiger partial charge in [-0.3, -0.25) is 4.79 Å². The van der Waals surface area contributed by atoms with Crippen LogP contribution in [0.2, 0.25) is 0 Å². The summed E-state index contributed by atoms with van der Waals surface area (Å²) in [6.45, 7) is 1.63. The van der Waals surface area contributed by atoms with Crippen molar-refractivity contribution in [1.82, 2.24) is 15.5 Å². The summed E-state index contributed by atoms with van der Waals surface area (Å²) in [5.74, 6) is -0.157. The van der Waals surface area contributed by atoms with Crippen molar-refractivity contribution >= 4 is 24.3 Å². The molecule has 1 aromatic rings. The number of nitrogens with one attached hydrogen (secondary N) is 2. The number of amides is 3. The van der Waals surface area contributed by atoms with Gasteiger partial charge in [-0.2, -0.15) is 0 Å². The van der Waals surface area contributed by atoms with Gasteiger partial charge in [-0.1, -0.05) is 43.2 Å². The van der Waals surface area contributed by atoms with Crippen LogP contribution in [0.4, 0.5) is 4.79 Å². The molecule has 6 nitrogen and oxygen atoms in total. The summed E-state index contributed by atoms with van der Waals surface area (Å²) in [7, 11) is 0. The average Bonchev–Trinajstić information content (AvgIpc) is 3.19. The summed E-state index contributed by atoms with van der Waals surface area (Å²) in [6, 6.07) is 9.83. The van der Waals surface area contributed by atoms with Gasteiger partial charge in [0.2, 0.25) is 5.91 Å². The molecule has 1 aliphatic heterocycles. The molecule has 1 saturated carbocycles. The fourth-order valence-corrected chi connectivity index (χ4v) is 3.88. The standard InChI is InChI=1S/C20H30N4O2.ClH/c21-18(15-7-2-1-3-8-15)13-22-19(25)16-9-6-12-24(14-16)20(26)23-17-10-4-5-11-17;/h1-3,7-8,16-18H,4-6,9-14,21H2,(H,22,25)(H,23,26);1H. The molecule has 1 heterocycles. The van der Waals surface area contributed by atoms with Crippen molar-refractivity contribution in [1.29, 1.82) is 0 Å². The van der Waals surface area contributed by atoms with E-state index in [1.807, 2.05) is 30.3 Å². The molecule has 0 spiro atoms. The largest absolute Gasteiger partial charge is 0.354 e. The molecule has 2 aliphatic rings. The molecular weight excluding hydrogens is 364 g/mol. The monoisotopic (exact) mass is 394 g/mol. The zero-order valence-corrected chi connectivity index (χ0v) is 16.5. The highest BCUT2D eigenvalue weighted by molar-refractivity contribution is 5.85. The van der Waals surface area contributed by atoms with Crippen LogP contribution < -0.4 is 16.4 Å². The number of nitrogens with zero attached hydrogens (tertiary/aromatic N) is 1. The minimum Gasteiger partial charge on any atom is -0.354 e. The predicted molar refractivity (Wildman–Crippen MR) is 109 cm³/mol. The summed E-state index contributed by atoms with van der Waals surface area (Å²) >= 11 is 0. The van der Waals surface area contributed by atoms with Gasteiger partial charge < -0.3 is 21.3 Å². The number of halogens is 1. The van der Waals surface area contributed by atoms with E-state index in [-0.39, 0.29) is 36.3 Å². The Balaban J connectivity index is 0.00000261. The molecule has 0 bridgehead atoms. The van der Waals surface area contributed by atoms with E-state index in [1.54, 1.807) is 4.90 Å². The zero-order valence-electron chi connectivity index (χ0n) is 15.7. The number of hydrogen-bond donors (Lipinski definition) is 3. The second-order valence-electron chi connectivity index (χ2n) is 7.48. The van der Waals surface area contributed by atoms with E-state index in [0.29, 0.717) is 19.1 Å². The molecule has 7 heteroatoms. The van der Waals surface area contributed by atoms with E-state index in [0.717, 1.165) is 37.8 Å². The van der Waals surface area contributed by atoms with Crippen LogP contribution in [-0.4, -0.2) is 42.5 Å². The quantitative estimate of drug-likeness (QED) is 0.717. The van der Waals surface area contributed by atoms with Gasteiger partial charge in [0.25, 0.3) is 0 Å². The molecule has 3 rings (SSSR count). The van der Waals surface area contributed by atoms with Gasteiger partial charge in [0.15, 0.2) is 0 Å². The molecule has 3 amide bonds. The maximum absolute atomic E-state index is 12.5. The molecule has 1 aliphatic carbocycles. The highest BCUT2D eigenvalue weighted by Crippen LogP contribution is 2.20. The fraction of sp³-hybridized carbons (Fsp3) is 0.600. The lowest BCUT2D eigenvalue weighted by Gasteiger charge is -2.33. The Bertz CT molecular complexity index is 607. The molecule has 0 radical (unpaired) electrons. The number of piperidine rings is 1. The Hall–Kier alpha value is -1.79. The molecule has 150 valence electrons. The zero-order chi connectivity index (χ0) is 18.4. The number of hydrogen-bond acceptors (Lipinski definition) is 3. The predicted octanol–water partition coefficient (Wildman–Crippen LogP) is 2.59. The van der Waals surface area contributed by atoms with Crippen LogP contribution in [0.15, 0.2) is 30.3 Å². The molecule has 1 saturated heterocycles. The number of carbonyl (C=O) groups is 2. The molecule has 4 N–H and O–H groups in total. The lowest BCUT2D eigenvalue weighted by molar-refractivity contribution is -0.126. The SMILES string of the molecule is Cl.NC(CNC(=O)C1CCCN(C(=O)NC2CCCC2)C1)c1ccccc1. The van der Waals surface area contributed by atoms with E-state index in [9.17, 15) is 9.59 Å². The second kappa shape index (κ2) is 10.5. The highest BCUT2D eigenvalue weighted by Gasteiger charge is 2.29. The summed E-state index contributed by atoms with van der Waals surface area (Å²) in [5, 5.41) is 6.08. The number of urea groups is 1. The number of likely N-dealkylation sites (tertiary alicyclic amines) is 1. The smallest absolute Gasteiger partial charge is 0.317 e. The topological polar surface area (TPSA) is 87.5 Å². The number of rotatable bonds is 5. The van der Waals surface area contributed by atoms with Crippen molar-refractivity contribution in [2.45, 2.75) is 50.6 Å². The molecular formula is C20H31ClN4O2. The summed E-state index contributed by atoms with van der Waals surface area (Å²) in [4.78, 5) is 26.8. The maximum Gasteiger partial charge on any atom is 0.317 e. The molecule has 2 unspecified atom stereocenters. The first kappa shape index (κ1) is 21.5. The summed E-state index contributed by atoms with van der Waals surface area (Å²) in [5.41, 5.74) is 7.16. The third-order valence-corrected chi connectivity index (χ3v) is 5.49. The van der Waals surface area contributed by atoms with E-state index in [2.05, 4.69) is 10.6 Å². The van der Waals surface area contributed by atoms with Gasteiger partial charge >= 0.3 is 6.03 Å². The van der Waals surface area contributed by atoms with Crippen molar-refractivity contribution in [2.24, 2.45) is 11.7 Å². The summed E-state index contributed by atoms with van der Waals surface area (Å²) in [6.07, 6.45) is 6.21. The van der Waals surface area contributed by atoms with Gasteiger partial charge in [0.1, 0.15) is 0 Å². The molecule has 0 aromatic heterocycles. The second-order valence-corrected chi connectivity index (χ2v) is 7.48. The van der Waals surface area contributed by atoms with Crippen molar-refractivity contribution in [3.63, 3.8) is 0 Å². The first-order valence-corrected chi connectivity index (χ1v) is 9.77. The van der Waals surface area contributed by atoms with Crippen LogP contribution >= 0.6 is 12.4 Å². The third-order valence-electron chi connectivity index (χ3n) is 5.49. The van der Waals surface area contributed by atoms with Crippen molar-refractivity contribution in [2.75, 3.05) is 19.6 Å². The molecule has 27 heavy (non-hydrogen) atoms. The van der Waals surface area contributed by atoms with E-state index in [1.165, 1.54) is 12.8 Å². The molecule has 2 fully saturated rings. The molecule has 1 aromatic carbocycles. The Labute approximate surface area is 167 Å².